The van der Waals surface area contributed by atoms with Crippen LogP contribution in [0.2, 0.25) is 0 Å². The van der Waals surface area contributed by atoms with Gasteiger partial charge >= 0.3 is 12.1 Å². The molecule has 0 aromatic heterocycles. The minimum absolute atomic E-state index is 0.0731. The number of para-hydroxylation sites is 1. The zero-order valence-electron chi connectivity index (χ0n) is 18.0. The highest BCUT2D eigenvalue weighted by atomic mass is 16.6. The third-order valence-corrected chi connectivity index (χ3v) is 3.87. The first-order chi connectivity index (χ1) is 14.5. The van der Waals surface area contributed by atoms with Crippen molar-refractivity contribution in [3.8, 4) is 5.75 Å². The van der Waals surface area contributed by atoms with Crippen LogP contribution in [-0.2, 0) is 23.9 Å². The molecule has 31 heavy (non-hydrogen) atoms. The molecule has 1 aromatic rings. The van der Waals surface area contributed by atoms with Gasteiger partial charge in [-0.05, 0) is 26.8 Å². The summed E-state index contributed by atoms with van der Waals surface area (Å²) in [6.45, 7) is 3.22. The van der Waals surface area contributed by atoms with Crippen LogP contribution in [0.3, 0.4) is 0 Å². The van der Waals surface area contributed by atoms with Crippen LogP contribution in [0.25, 0.3) is 0 Å². The van der Waals surface area contributed by atoms with Crippen LogP contribution in [0.4, 0.5) is 4.79 Å². The lowest BCUT2D eigenvalue weighted by Crippen LogP contribution is -2.49. The van der Waals surface area contributed by atoms with Crippen LogP contribution in [0.1, 0.15) is 32.4 Å². The number of methoxy groups -OCH3 is 1. The Morgan fingerprint density at radius 3 is 2.29 bits per heavy atom. The highest BCUT2D eigenvalue weighted by Gasteiger charge is 2.33. The predicted octanol–water partition coefficient (Wildman–Crippen LogP) is 0.0681. The molecule has 0 bridgehead atoms. The van der Waals surface area contributed by atoms with E-state index in [1.165, 1.54) is 18.2 Å². The van der Waals surface area contributed by atoms with Crippen LogP contribution in [0.15, 0.2) is 24.3 Å². The number of ether oxygens (including phenoxy) is 2. The number of nitrogens with zero attached hydrogens (tertiary/aromatic N) is 1. The van der Waals surface area contributed by atoms with E-state index in [2.05, 4.69) is 15.4 Å². The smallest absolute Gasteiger partial charge is 0.408 e. The fourth-order valence-electron chi connectivity index (χ4n) is 2.57. The highest BCUT2D eigenvalue weighted by molar-refractivity contribution is 5.92. The topological polar surface area (TPSA) is 154 Å². The van der Waals surface area contributed by atoms with Gasteiger partial charge in [-0.25, -0.2) is 4.79 Å². The molecule has 172 valence electrons. The number of aliphatic hydroxyl groups excluding tert-OH is 1. The molecule has 0 fully saturated rings. The van der Waals surface area contributed by atoms with E-state index in [-0.39, 0.29) is 17.9 Å². The number of carbonyl (C=O) groups is 4. The largest absolute Gasteiger partial charge is 0.508 e. The van der Waals surface area contributed by atoms with Crippen molar-refractivity contribution in [2.45, 2.75) is 32.4 Å². The van der Waals surface area contributed by atoms with Crippen molar-refractivity contribution in [1.29, 1.82) is 0 Å². The molecule has 1 atom stereocenters. The monoisotopic (exact) mass is 439 g/mol. The van der Waals surface area contributed by atoms with E-state index in [4.69, 9.17) is 4.74 Å². The lowest BCUT2D eigenvalue weighted by Gasteiger charge is -2.31. The Labute approximate surface area is 180 Å². The number of rotatable bonds is 9. The van der Waals surface area contributed by atoms with Crippen molar-refractivity contribution in [2.75, 3.05) is 33.4 Å². The normalized spacial score (nSPS) is 11.8. The Kier molecular flexibility index (Phi) is 9.74. The number of esters is 1. The number of benzene rings is 1. The fourth-order valence-corrected chi connectivity index (χ4v) is 2.57. The summed E-state index contributed by atoms with van der Waals surface area (Å²) in [4.78, 5) is 49.9. The average Bonchev–Trinajstić information content (AvgIpc) is 2.69. The molecule has 1 aromatic carbocycles. The minimum atomic E-state index is -1.38. The Morgan fingerprint density at radius 1 is 1.10 bits per heavy atom. The Balaban J connectivity index is 3.13. The number of nitrogens with one attached hydrogen (secondary N) is 2. The van der Waals surface area contributed by atoms with E-state index in [1.54, 1.807) is 26.8 Å². The van der Waals surface area contributed by atoms with Crippen molar-refractivity contribution in [3.05, 3.63) is 29.8 Å². The Morgan fingerprint density at radius 2 is 1.74 bits per heavy atom. The van der Waals surface area contributed by atoms with E-state index in [1.807, 2.05) is 0 Å². The first-order valence-corrected chi connectivity index (χ1v) is 9.49. The van der Waals surface area contributed by atoms with Crippen LogP contribution < -0.4 is 10.6 Å². The standard InChI is InChI=1S/C20H29N3O8/c1-20(2,3)31-19(29)22-11-15(26)23(9-10-24)17(13-7-5-6-8-14(13)25)18(28)21-12-16(27)30-4/h5-8,17,24-25H,9-12H2,1-4H3,(H,21,28)(H,22,29). The van der Waals surface area contributed by atoms with Crippen molar-refractivity contribution < 1.29 is 38.9 Å². The van der Waals surface area contributed by atoms with Gasteiger partial charge in [0, 0.05) is 12.1 Å². The van der Waals surface area contributed by atoms with Crippen molar-refractivity contribution in [1.82, 2.24) is 15.5 Å². The van der Waals surface area contributed by atoms with Crippen molar-refractivity contribution in [3.63, 3.8) is 0 Å². The lowest BCUT2D eigenvalue weighted by atomic mass is 10.0. The van der Waals surface area contributed by atoms with Crippen LogP contribution in [0.5, 0.6) is 5.75 Å². The fraction of sp³-hybridized carbons (Fsp3) is 0.500. The lowest BCUT2D eigenvalue weighted by molar-refractivity contribution is -0.144. The van der Waals surface area contributed by atoms with Crippen LogP contribution in [0, 0.1) is 0 Å². The summed E-state index contributed by atoms with van der Waals surface area (Å²) in [5.74, 6) is -2.49. The molecule has 0 aliphatic carbocycles. The molecule has 3 amide bonds. The Hall–Kier alpha value is -3.34. The van der Waals surface area contributed by atoms with Gasteiger partial charge in [-0.2, -0.15) is 0 Å². The summed E-state index contributed by atoms with van der Waals surface area (Å²) in [5.41, 5.74) is -0.701. The second-order valence-corrected chi connectivity index (χ2v) is 7.42. The second kappa shape index (κ2) is 11.7. The van der Waals surface area contributed by atoms with Gasteiger partial charge in [0.2, 0.25) is 11.8 Å². The number of aromatic hydroxyl groups is 1. The summed E-state index contributed by atoms with van der Waals surface area (Å²) in [5, 5.41) is 24.3. The number of alkyl carbamates (subject to hydrolysis) is 1. The third kappa shape index (κ3) is 8.51. The summed E-state index contributed by atoms with van der Waals surface area (Å²) in [6, 6.07) is 4.46. The van der Waals surface area contributed by atoms with Crippen molar-refractivity contribution in [2.24, 2.45) is 0 Å². The first-order valence-electron chi connectivity index (χ1n) is 9.49. The molecule has 0 saturated heterocycles. The number of aliphatic hydroxyl groups is 1. The molecule has 1 unspecified atom stereocenters. The van der Waals surface area contributed by atoms with E-state index in [0.717, 1.165) is 12.0 Å². The van der Waals surface area contributed by atoms with Gasteiger partial charge in [0.25, 0.3) is 0 Å². The third-order valence-electron chi connectivity index (χ3n) is 3.87. The van der Waals surface area contributed by atoms with Gasteiger partial charge < -0.3 is 35.2 Å². The molecule has 0 spiro atoms. The molecule has 11 nitrogen and oxygen atoms in total. The number of hydrogen-bond donors (Lipinski definition) is 4. The maximum atomic E-state index is 12.8. The molecular weight excluding hydrogens is 410 g/mol. The molecule has 0 saturated carbocycles. The Bertz CT molecular complexity index is 791. The summed E-state index contributed by atoms with van der Waals surface area (Å²) in [7, 11) is 1.15. The molecule has 0 aliphatic heterocycles. The van der Waals surface area contributed by atoms with E-state index in [9.17, 15) is 29.4 Å². The van der Waals surface area contributed by atoms with Gasteiger partial charge in [0.05, 0.1) is 13.7 Å². The second-order valence-electron chi connectivity index (χ2n) is 7.42. The van der Waals surface area contributed by atoms with Gasteiger partial charge in [-0.3, -0.25) is 14.4 Å². The molecule has 0 radical (unpaired) electrons. The van der Waals surface area contributed by atoms with Gasteiger partial charge in [0.15, 0.2) is 0 Å². The number of amides is 3. The molecule has 0 heterocycles. The zero-order valence-corrected chi connectivity index (χ0v) is 18.0. The number of phenolic OH excluding ortho intramolecular Hbond substituents is 1. The van der Waals surface area contributed by atoms with Gasteiger partial charge in [-0.15, -0.1) is 0 Å². The molecule has 11 heteroatoms. The SMILES string of the molecule is COC(=O)CNC(=O)C(c1ccccc1O)N(CCO)C(=O)CNC(=O)OC(C)(C)C. The molecular formula is C20H29N3O8. The first kappa shape index (κ1) is 25.7. The van der Waals surface area contributed by atoms with E-state index in [0.29, 0.717) is 0 Å². The van der Waals surface area contributed by atoms with Gasteiger partial charge in [-0.1, -0.05) is 18.2 Å². The maximum Gasteiger partial charge on any atom is 0.408 e. The maximum absolute atomic E-state index is 12.8. The quantitative estimate of drug-likeness (QED) is 0.394. The molecule has 1 rings (SSSR count). The summed E-state index contributed by atoms with van der Waals surface area (Å²) >= 11 is 0. The van der Waals surface area contributed by atoms with Crippen LogP contribution in [-0.4, -0.2) is 77.9 Å². The number of carbonyl (C=O) groups excluding carboxylic acids is 4. The number of hydrogen-bond acceptors (Lipinski definition) is 8. The summed E-state index contributed by atoms with van der Waals surface area (Å²) < 4.78 is 9.56. The molecule has 4 N–H and O–H groups in total. The van der Waals surface area contributed by atoms with Crippen LogP contribution >= 0.6 is 0 Å². The van der Waals surface area contributed by atoms with E-state index < -0.39 is 55.2 Å². The predicted molar refractivity (Wildman–Crippen MR) is 109 cm³/mol. The van der Waals surface area contributed by atoms with Gasteiger partial charge in [0.1, 0.15) is 30.5 Å². The molecule has 0 aliphatic rings. The average molecular weight is 439 g/mol. The zero-order chi connectivity index (χ0) is 23.6. The van der Waals surface area contributed by atoms with E-state index >= 15 is 0 Å². The van der Waals surface area contributed by atoms with Crippen molar-refractivity contribution >= 4 is 23.9 Å². The minimum Gasteiger partial charge on any atom is -0.508 e. The highest BCUT2D eigenvalue weighted by Crippen LogP contribution is 2.29. The number of phenols is 1. The summed E-state index contributed by atoms with van der Waals surface area (Å²) in [6.07, 6.45) is -0.834.